The van der Waals surface area contributed by atoms with Crippen LogP contribution in [0, 0.1) is 11.5 Å². The van der Waals surface area contributed by atoms with Crippen LogP contribution in [-0.4, -0.2) is 57.1 Å². The summed E-state index contributed by atoms with van der Waals surface area (Å²) in [6, 6.07) is 29.6. The fourth-order valence-electron chi connectivity index (χ4n) is 4.49. The maximum atomic E-state index is 12.4. The largest absolute Gasteiger partial charge is 0.374 e. The SMILES string of the molecule is CO[C@H]1O[C@H](COCc2ccccc2)[C@@](O)(C#C[Si](C)(C)C)[C@H](OCc2ccccc2)[C@H]1OCc1ccccc1. The minimum absolute atomic E-state index is 0.0994. The van der Waals surface area contributed by atoms with E-state index in [9.17, 15) is 5.11 Å². The molecule has 1 saturated heterocycles. The molecule has 1 aliphatic rings. The molecule has 0 unspecified atom stereocenters. The van der Waals surface area contributed by atoms with Gasteiger partial charge in [-0.25, -0.2) is 0 Å². The van der Waals surface area contributed by atoms with Crippen LogP contribution in [0.3, 0.4) is 0 Å². The first-order chi connectivity index (χ1) is 19.3. The maximum Gasteiger partial charge on any atom is 0.186 e. The molecular weight excluding hydrogens is 520 g/mol. The van der Waals surface area contributed by atoms with E-state index in [-0.39, 0.29) is 13.2 Å². The number of methoxy groups -OCH3 is 1. The van der Waals surface area contributed by atoms with Gasteiger partial charge >= 0.3 is 0 Å². The molecule has 212 valence electrons. The van der Waals surface area contributed by atoms with E-state index >= 15 is 0 Å². The van der Waals surface area contributed by atoms with Gasteiger partial charge in [0.1, 0.15) is 26.4 Å². The number of rotatable bonds is 11. The van der Waals surface area contributed by atoms with Gasteiger partial charge < -0.3 is 28.8 Å². The van der Waals surface area contributed by atoms with Gasteiger partial charge in [0.15, 0.2) is 11.9 Å². The Kier molecular flexibility index (Phi) is 10.7. The molecule has 0 saturated carbocycles. The van der Waals surface area contributed by atoms with Crippen LogP contribution < -0.4 is 0 Å². The van der Waals surface area contributed by atoms with Gasteiger partial charge in [-0.3, -0.25) is 0 Å². The van der Waals surface area contributed by atoms with Crippen molar-refractivity contribution in [3.8, 4) is 11.5 Å². The monoisotopic (exact) mass is 560 g/mol. The fourth-order valence-corrected chi connectivity index (χ4v) is 5.06. The van der Waals surface area contributed by atoms with E-state index in [1.165, 1.54) is 0 Å². The van der Waals surface area contributed by atoms with Crippen LogP contribution in [-0.2, 0) is 43.5 Å². The molecular formula is C33H40O6Si. The zero-order valence-corrected chi connectivity index (χ0v) is 24.8. The molecule has 0 bridgehead atoms. The van der Waals surface area contributed by atoms with Crippen molar-refractivity contribution in [3.05, 3.63) is 108 Å². The molecule has 1 aliphatic heterocycles. The summed E-state index contributed by atoms with van der Waals surface area (Å²) in [5.74, 6) is 3.20. The lowest BCUT2D eigenvalue weighted by Gasteiger charge is -2.48. The Bertz CT molecular complexity index is 1220. The summed E-state index contributed by atoms with van der Waals surface area (Å²) < 4.78 is 31.1. The van der Waals surface area contributed by atoms with Crippen molar-refractivity contribution in [3.63, 3.8) is 0 Å². The molecule has 1 N–H and O–H groups in total. The first-order valence-corrected chi connectivity index (χ1v) is 17.2. The standard InChI is InChI=1S/C33H40O6Si/c1-35-32-30(37-23-27-16-10-6-11-17-27)31(38-24-28-18-12-7-13-19-28)33(34,20-21-40(2,3)4)29(39-32)25-36-22-26-14-8-5-9-15-26/h5-19,29-32,34H,22-25H2,1-4H3/t29-,30-,31-,32+,33+/m1/s1. The van der Waals surface area contributed by atoms with Gasteiger partial charge in [0.05, 0.1) is 26.4 Å². The number of aliphatic hydroxyl groups is 1. The van der Waals surface area contributed by atoms with Crippen molar-refractivity contribution in [2.24, 2.45) is 0 Å². The van der Waals surface area contributed by atoms with Crippen molar-refractivity contribution in [2.75, 3.05) is 13.7 Å². The summed E-state index contributed by atoms with van der Waals surface area (Å²) in [7, 11) is -0.314. The molecule has 40 heavy (non-hydrogen) atoms. The summed E-state index contributed by atoms with van der Waals surface area (Å²) in [6.07, 6.45) is -3.25. The van der Waals surface area contributed by atoms with Crippen LogP contribution in [0.2, 0.25) is 19.6 Å². The van der Waals surface area contributed by atoms with Gasteiger partial charge in [-0.05, 0) is 16.7 Å². The van der Waals surface area contributed by atoms with Crippen molar-refractivity contribution in [1.82, 2.24) is 0 Å². The molecule has 0 aromatic heterocycles. The normalized spacial score (nSPS) is 24.7. The predicted molar refractivity (Wildman–Crippen MR) is 158 cm³/mol. The molecule has 1 fully saturated rings. The zero-order chi connectivity index (χ0) is 28.4. The zero-order valence-electron chi connectivity index (χ0n) is 23.8. The van der Waals surface area contributed by atoms with Crippen molar-refractivity contribution < 1.29 is 28.8 Å². The number of ether oxygens (including phenoxy) is 5. The second-order valence-electron chi connectivity index (χ2n) is 11.0. The quantitative estimate of drug-likeness (QED) is 0.252. The minimum atomic E-state index is -1.88. The lowest BCUT2D eigenvalue weighted by molar-refractivity contribution is -0.332. The Morgan fingerprint density at radius 3 is 1.77 bits per heavy atom. The highest BCUT2D eigenvalue weighted by Gasteiger charge is 2.57. The lowest BCUT2D eigenvalue weighted by Crippen LogP contribution is -2.68. The van der Waals surface area contributed by atoms with E-state index in [0.29, 0.717) is 13.2 Å². The van der Waals surface area contributed by atoms with Crippen molar-refractivity contribution >= 4 is 8.07 Å². The Morgan fingerprint density at radius 1 is 0.775 bits per heavy atom. The van der Waals surface area contributed by atoms with Crippen LogP contribution in [0.15, 0.2) is 91.0 Å². The third-order valence-electron chi connectivity index (χ3n) is 6.60. The predicted octanol–water partition coefficient (Wildman–Crippen LogP) is 5.36. The molecule has 3 aromatic rings. The third-order valence-corrected chi connectivity index (χ3v) is 7.47. The number of benzene rings is 3. The first kappa shape index (κ1) is 30.2. The second kappa shape index (κ2) is 14.2. The van der Waals surface area contributed by atoms with E-state index in [1.807, 2.05) is 91.0 Å². The summed E-state index contributed by atoms with van der Waals surface area (Å²) in [5, 5.41) is 12.4. The van der Waals surface area contributed by atoms with Crippen LogP contribution in [0.25, 0.3) is 0 Å². The van der Waals surface area contributed by atoms with E-state index in [1.54, 1.807) is 7.11 Å². The van der Waals surface area contributed by atoms with E-state index in [2.05, 4.69) is 31.1 Å². The second-order valence-corrected chi connectivity index (χ2v) is 15.8. The average molecular weight is 561 g/mol. The Balaban J connectivity index is 1.65. The lowest BCUT2D eigenvalue weighted by atomic mass is 9.84. The third kappa shape index (κ3) is 8.35. The van der Waals surface area contributed by atoms with E-state index < -0.39 is 38.3 Å². The van der Waals surface area contributed by atoms with E-state index in [0.717, 1.165) is 16.7 Å². The van der Waals surface area contributed by atoms with Crippen LogP contribution in [0.4, 0.5) is 0 Å². The first-order valence-electron chi connectivity index (χ1n) is 13.7. The minimum Gasteiger partial charge on any atom is -0.374 e. The Morgan fingerprint density at radius 2 is 1.27 bits per heavy atom. The highest BCUT2D eigenvalue weighted by atomic mass is 28.3. The molecule has 0 aliphatic carbocycles. The summed E-state index contributed by atoms with van der Waals surface area (Å²) >= 11 is 0. The van der Waals surface area contributed by atoms with Crippen LogP contribution >= 0.6 is 0 Å². The fraction of sp³-hybridized carbons (Fsp3) is 0.394. The molecule has 1 heterocycles. The number of hydrogen-bond acceptors (Lipinski definition) is 6. The van der Waals surface area contributed by atoms with Gasteiger partial charge in [-0.2, -0.15) is 0 Å². The van der Waals surface area contributed by atoms with Gasteiger partial charge in [-0.15, -0.1) is 5.54 Å². The van der Waals surface area contributed by atoms with Gasteiger partial charge in [0, 0.05) is 7.11 Å². The topological polar surface area (TPSA) is 66.4 Å². The smallest absolute Gasteiger partial charge is 0.186 e. The van der Waals surface area contributed by atoms with Crippen molar-refractivity contribution in [2.45, 2.75) is 69.7 Å². The molecule has 0 spiro atoms. The summed E-state index contributed by atoms with van der Waals surface area (Å²) in [4.78, 5) is 0. The molecule has 6 nitrogen and oxygen atoms in total. The van der Waals surface area contributed by atoms with Crippen LogP contribution in [0.1, 0.15) is 16.7 Å². The summed E-state index contributed by atoms with van der Waals surface area (Å²) in [5.41, 5.74) is 4.64. The van der Waals surface area contributed by atoms with Crippen molar-refractivity contribution in [1.29, 1.82) is 0 Å². The number of hydrogen-bond donors (Lipinski definition) is 1. The molecule has 7 heteroatoms. The van der Waals surface area contributed by atoms with E-state index in [4.69, 9.17) is 23.7 Å². The molecule has 0 amide bonds. The van der Waals surface area contributed by atoms with Gasteiger partial charge in [0.2, 0.25) is 0 Å². The van der Waals surface area contributed by atoms with Crippen LogP contribution in [0.5, 0.6) is 0 Å². The molecule has 5 atom stereocenters. The highest BCUT2D eigenvalue weighted by Crippen LogP contribution is 2.35. The molecule has 4 rings (SSSR count). The highest BCUT2D eigenvalue weighted by molar-refractivity contribution is 6.83. The van der Waals surface area contributed by atoms with Gasteiger partial charge in [-0.1, -0.05) is 117 Å². The Labute approximate surface area is 239 Å². The Hall–Kier alpha value is -2.80. The average Bonchev–Trinajstić information content (AvgIpc) is 2.96. The maximum absolute atomic E-state index is 12.4. The molecule has 3 aromatic carbocycles. The van der Waals surface area contributed by atoms with Gasteiger partial charge in [0.25, 0.3) is 0 Å². The molecule has 0 radical (unpaired) electrons. The summed E-state index contributed by atoms with van der Waals surface area (Å²) in [6.45, 7) is 7.44.